The maximum Gasteiger partial charge on any atom is 0.265 e. The molecule has 2 aromatic rings. The average Bonchev–Trinajstić information content (AvgIpc) is 2.77. The molecular formula is C19H21ClN2O4S. The summed E-state index contributed by atoms with van der Waals surface area (Å²) in [7, 11) is -3.49. The van der Waals surface area contributed by atoms with E-state index in [0.29, 0.717) is 22.1 Å². The predicted octanol–water partition coefficient (Wildman–Crippen LogP) is 3.51. The molecule has 0 saturated heterocycles. The fraction of sp³-hybridized carbons (Fsp3) is 0.316. The van der Waals surface area contributed by atoms with Gasteiger partial charge in [-0.25, -0.2) is 8.42 Å². The Labute approximate surface area is 164 Å². The number of amides is 1. The first-order valence-corrected chi connectivity index (χ1v) is 10.7. The number of carbonyl (C=O) groups excluding carboxylic acids is 1. The van der Waals surface area contributed by atoms with Crippen LogP contribution in [0.4, 0.5) is 11.4 Å². The molecule has 144 valence electrons. The van der Waals surface area contributed by atoms with Crippen LogP contribution in [0.2, 0.25) is 5.02 Å². The summed E-state index contributed by atoms with van der Waals surface area (Å²) in [6, 6.07) is 10.5. The Kier molecular flexibility index (Phi) is 5.35. The lowest BCUT2D eigenvalue weighted by molar-refractivity contribution is -0.122. The Morgan fingerprint density at radius 1 is 1.22 bits per heavy atom. The third-order valence-corrected chi connectivity index (χ3v) is 5.97. The van der Waals surface area contributed by atoms with Crippen LogP contribution in [0, 0.1) is 13.8 Å². The van der Waals surface area contributed by atoms with Gasteiger partial charge in [0.15, 0.2) is 6.10 Å². The summed E-state index contributed by atoms with van der Waals surface area (Å²) in [6.45, 7) is 3.90. The third kappa shape index (κ3) is 4.36. The van der Waals surface area contributed by atoms with E-state index < -0.39 is 16.1 Å². The van der Waals surface area contributed by atoms with Crippen molar-refractivity contribution in [1.82, 2.24) is 0 Å². The highest BCUT2D eigenvalue weighted by molar-refractivity contribution is 7.92. The van der Waals surface area contributed by atoms with Crippen molar-refractivity contribution in [2.75, 3.05) is 22.4 Å². The van der Waals surface area contributed by atoms with E-state index in [4.69, 9.17) is 16.3 Å². The molecule has 1 heterocycles. The number of anilines is 2. The molecule has 0 saturated carbocycles. The van der Waals surface area contributed by atoms with Crippen LogP contribution in [-0.2, 0) is 14.8 Å². The summed E-state index contributed by atoms with van der Waals surface area (Å²) in [5.74, 6) is 0.0161. The number of aryl methyl sites for hydroxylation is 2. The van der Waals surface area contributed by atoms with Crippen LogP contribution < -0.4 is 14.4 Å². The second-order valence-corrected chi connectivity index (χ2v) is 8.97. The molecule has 1 unspecified atom stereocenters. The van der Waals surface area contributed by atoms with Gasteiger partial charge in [-0.15, -0.1) is 0 Å². The van der Waals surface area contributed by atoms with Gasteiger partial charge in [-0.2, -0.15) is 0 Å². The van der Waals surface area contributed by atoms with Crippen molar-refractivity contribution in [2.45, 2.75) is 26.4 Å². The first-order chi connectivity index (χ1) is 12.6. The minimum absolute atomic E-state index is 0.155. The van der Waals surface area contributed by atoms with E-state index in [-0.39, 0.29) is 18.9 Å². The average molecular weight is 409 g/mol. The van der Waals surface area contributed by atoms with Gasteiger partial charge >= 0.3 is 0 Å². The molecule has 2 aromatic carbocycles. The summed E-state index contributed by atoms with van der Waals surface area (Å²) in [5, 5.41) is 3.34. The fourth-order valence-corrected chi connectivity index (χ4v) is 4.03. The third-order valence-electron chi connectivity index (χ3n) is 4.38. The van der Waals surface area contributed by atoms with Crippen LogP contribution in [0.3, 0.4) is 0 Å². The van der Waals surface area contributed by atoms with Gasteiger partial charge < -0.3 is 10.1 Å². The van der Waals surface area contributed by atoms with Crippen molar-refractivity contribution in [3.8, 4) is 5.75 Å². The fourth-order valence-electron chi connectivity index (χ4n) is 2.91. The number of carbonyl (C=O) groups is 1. The molecule has 27 heavy (non-hydrogen) atoms. The van der Waals surface area contributed by atoms with Gasteiger partial charge in [-0.3, -0.25) is 9.10 Å². The molecule has 6 nitrogen and oxygen atoms in total. The van der Waals surface area contributed by atoms with E-state index in [1.807, 2.05) is 26.0 Å². The Morgan fingerprint density at radius 3 is 2.63 bits per heavy atom. The monoisotopic (exact) mass is 408 g/mol. The summed E-state index contributed by atoms with van der Waals surface area (Å²) in [4.78, 5) is 12.7. The Bertz CT molecular complexity index is 991. The molecule has 1 aliphatic rings. The maximum atomic E-state index is 12.7. The van der Waals surface area contributed by atoms with Crippen LogP contribution in [0.1, 0.15) is 17.5 Å². The largest absolute Gasteiger partial charge is 0.478 e. The summed E-state index contributed by atoms with van der Waals surface area (Å²) in [6.07, 6.45) is 0.554. The molecular weight excluding hydrogens is 388 g/mol. The van der Waals surface area contributed by atoms with Crippen molar-refractivity contribution in [2.24, 2.45) is 0 Å². The van der Waals surface area contributed by atoms with Crippen molar-refractivity contribution < 1.29 is 17.9 Å². The first-order valence-electron chi connectivity index (χ1n) is 8.47. The van der Waals surface area contributed by atoms with Crippen LogP contribution in [0.25, 0.3) is 0 Å². The number of benzene rings is 2. The van der Waals surface area contributed by atoms with Crippen LogP contribution >= 0.6 is 11.6 Å². The van der Waals surface area contributed by atoms with E-state index in [1.54, 1.807) is 24.3 Å². The molecule has 0 spiro atoms. The summed E-state index contributed by atoms with van der Waals surface area (Å²) in [5.41, 5.74) is 2.83. The lowest BCUT2D eigenvalue weighted by Crippen LogP contribution is -2.36. The minimum Gasteiger partial charge on any atom is -0.478 e. The van der Waals surface area contributed by atoms with E-state index in [2.05, 4.69) is 5.32 Å². The molecule has 1 atom stereocenters. The molecule has 8 heteroatoms. The van der Waals surface area contributed by atoms with E-state index in [0.717, 1.165) is 17.4 Å². The highest BCUT2D eigenvalue weighted by atomic mass is 35.5. The maximum absolute atomic E-state index is 12.7. The minimum atomic E-state index is -3.49. The SMILES string of the molecule is Cc1ccc2c(c1)N(S(C)(=O)=O)CCC(C(=O)Nc1ccc(C)c(Cl)c1)O2. The van der Waals surface area contributed by atoms with E-state index in [1.165, 1.54) is 4.31 Å². The number of sulfonamides is 1. The van der Waals surface area contributed by atoms with Crippen LogP contribution in [0.15, 0.2) is 36.4 Å². The van der Waals surface area contributed by atoms with Crippen molar-refractivity contribution >= 4 is 38.9 Å². The Morgan fingerprint density at radius 2 is 1.96 bits per heavy atom. The molecule has 0 aliphatic carbocycles. The Balaban J connectivity index is 1.87. The first kappa shape index (κ1) is 19.5. The van der Waals surface area contributed by atoms with Gasteiger partial charge in [0, 0.05) is 23.7 Å². The van der Waals surface area contributed by atoms with Crippen molar-refractivity contribution in [3.05, 3.63) is 52.5 Å². The lowest BCUT2D eigenvalue weighted by atomic mass is 10.2. The lowest BCUT2D eigenvalue weighted by Gasteiger charge is -2.21. The number of nitrogens with zero attached hydrogens (tertiary/aromatic N) is 1. The summed E-state index contributed by atoms with van der Waals surface area (Å²) < 4.78 is 31.6. The van der Waals surface area contributed by atoms with E-state index in [9.17, 15) is 13.2 Å². The number of nitrogens with one attached hydrogen (secondary N) is 1. The normalized spacial score (nSPS) is 16.9. The van der Waals surface area contributed by atoms with Crippen LogP contribution in [0.5, 0.6) is 5.75 Å². The zero-order valence-corrected chi connectivity index (χ0v) is 16.9. The number of hydrogen-bond acceptors (Lipinski definition) is 4. The molecule has 0 radical (unpaired) electrons. The van der Waals surface area contributed by atoms with Crippen LogP contribution in [-0.4, -0.2) is 33.2 Å². The number of hydrogen-bond donors (Lipinski definition) is 1. The van der Waals surface area contributed by atoms with Gasteiger partial charge in [-0.05, 0) is 49.2 Å². The molecule has 1 amide bonds. The second-order valence-electron chi connectivity index (χ2n) is 6.65. The molecule has 1 aliphatic heterocycles. The Hall–Kier alpha value is -2.25. The van der Waals surface area contributed by atoms with Gasteiger partial charge in [0.2, 0.25) is 10.0 Å². The van der Waals surface area contributed by atoms with E-state index >= 15 is 0 Å². The topological polar surface area (TPSA) is 75.7 Å². The zero-order chi connectivity index (χ0) is 19.8. The second kappa shape index (κ2) is 7.40. The number of ether oxygens (including phenoxy) is 1. The van der Waals surface area contributed by atoms with Crippen molar-refractivity contribution in [1.29, 1.82) is 0 Å². The quantitative estimate of drug-likeness (QED) is 0.843. The molecule has 0 aromatic heterocycles. The number of fused-ring (bicyclic) bond motifs is 1. The molecule has 0 fully saturated rings. The summed E-state index contributed by atoms with van der Waals surface area (Å²) >= 11 is 6.10. The molecule has 1 N–H and O–H groups in total. The smallest absolute Gasteiger partial charge is 0.265 e. The highest BCUT2D eigenvalue weighted by Crippen LogP contribution is 2.35. The zero-order valence-electron chi connectivity index (χ0n) is 15.3. The highest BCUT2D eigenvalue weighted by Gasteiger charge is 2.31. The van der Waals surface area contributed by atoms with Gasteiger partial charge in [0.25, 0.3) is 5.91 Å². The van der Waals surface area contributed by atoms with Gasteiger partial charge in [0.1, 0.15) is 5.75 Å². The number of halogens is 1. The predicted molar refractivity (Wildman–Crippen MR) is 107 cm³/mol. The molecule has 0 bridgehead atoms. The van der Waals surface area contributed by atoms with Gasteiger partial charge in [0.05, 0.1) is 11.9 Å². The molecule has 3 rings (SSSR count). The standard InChI is InChI=1S/C19H21ClN2O4S/c1-12-4-7-17-16(10-12)22(27(3,24)25)9-8-18(26-17)19(23)21-14-6-5-13(2)15(20)11-14/h4-7,10-11,18H,8-9H2,1-3H3,(H,21,23). The van der Waals surface area contributed by atoms with Gasteiger partial charge in [-0.1, -0.05) is 23.7 Å². The number of rotatable bonds is 3. The van der Waals surface area contributed by atoms with Crippen molar-refractivity contribution in [3.63, 3.8) is 0 Å².